The van der Waals surface area contributed by atoms with E-state index in [1.165, 1.54) is 19.1 Å². The van der Waals surface area contributed by atoms with E-state index >= 15 is 0 Å². The van der Waals surface area contributed by atoms with Crippen LogP contribution in [0.25, 0.3) is 66.9 Å². The molecule has 0 radical (unpaired) electrons. The van der Waals surface area contributed by atoms with E-state index in [2.05, 4.69) is 74.5 Å². The number of carbonyl (C=O) groups excluding carboxylic acids is 3. The number of aromatic nitrogens is 16. The second-order valence-corrected chi connectivity index (χ2v) is 27.8. The van der Waals surface area contributed by atoms with Gasteiger partial charge in [-0.05, 0) is 169 Å². The van der Waals surface area contributed by atoms with E-state index in [-0.39, 0.29) is 71.6 Å². The molecule has 103 heavy (non-hydrogen) atoms. The summed E-state index contributed by atoms with van der Waals surface area (Å²) in [7, 11) is 6.66. The first-order valence-corrected chi connectivity index (χ1v) is 34.6. The van der Waals surface area contributed by atoms with Gasteiger partial charge in [0.05, 0.1) is 61.5 Å². The number of H-pyrrole nitrogens is 3. The van der Waals surface area contributed by atoms with Gasteiger partial charge in [-0.2, -0.15) is 43.4 Å². The first-order valence-electron chi connectivity index (χ1n) is 34.6. The van der Waals surface area contributed by atoms with E-state index < -0.39 is 24.7 Å². The van der Waals surface area contributed by atoms with Crippen LogP contribution in [0.5, 0.6) is 11.5 Å². The van der Waals surface area contributed by atoms with Gasteiger partial charge in [0.25, 0.3) is 17.7 Å². The SMILES string of the molecule is COc1cc(-c2nc(Nc3ccc4[nH]ncc4c3C3CC3)n(CC3CC3c3c(Nc4nc(-c5ccc6c(c5)CCNC6=O)nn4C)cc(C4CC4c4c(Nc5nc(-c6cnc(C(=O)NC7CC7)c(OC)c6)nn5C)ccc5[nH]ncc45)c4[nH]ncc34)n2)ccc1C(=O)NC1CCN(CC(F)(F)F)C1. The highest BCUT2D eigenvalue weighted by molar-refractivity contribution is 5.99. The fourth-order valence-electron chi connectivity index (χ4n) is 15.2. The molecule has 524 valence electrons. The van der Waals surface area contributed by atoms with Gasteiger partial charge in [-0.3, -0.25) is 34.6 Å². The number of aryl methyl sites for hydroxylation is 2. The molecule has 9 heterocycles. The first kappa shape index (κ1) is 63.4. The van der Waals surface area contributed by atoms with Crippen molar-refractivity contribution < 1.29 is 37.0 Å². The number of ether oxygens (including phenoxy) is 2. The number of hydrogen-bond donors (Lipinski definition) is 9. The predicted molar refractivity (Wildman–Crippen MR) is 375 cm³/mol. The van der Waals surface area contributed by atoms with E-state index in [0.717, 1.165) is 122 Å². The average Bonchev–Trinajstić information content (AvgIpc) is 1.56. The van der Waals surface area contributed by atoms with Gasteiger partial charge in [-0.1, -0.05) is 12.1 Å². The minimum Gasteiger partial charge on any atom is -0.496 e. The lowest BCUT2D eigenvalue weighted by atomic mass is 9.94. The summed E-state index contributed by atoms with van der Waals surface area (Å²) in [4.78, 5) is 60.8. The Hall–Kier alpha value is -11.8. The number of amides is 3. The smallest absolute Gasteiger partial charge is 0.401 e. The van der Waals surface area contributed by atoms with E-state index in [0.29, 0.717) is 89.6 Å². The number of halogens is 3. The van der Waals surface area contributed by atoms with Gasteiger partial charge in [0.2, 0.25) is 17.8 Å². The molecule has 2 aliphatic heterocycles. The van der Waals surface area contributed by atoms with Gasteiger partial charge >= 0.3 is 6.18 Å². The number of benzene rings is 5. The highest BCUT2D eigenvalue weighted by Gasteiger charge is 2.47. The van der Waals surface area contributed by atoms with Gasteiger partial charge in [0.15, 0.2) is 28.9 Å². The number of rotatable bonds is 22. The molecule has 6 aliphatic rings. The Morgan fingerprint density at radius 2 is 1.26 bits per heavy atom. The van der Waals surface area contributed by atoms with Crippen LogP contribution in [0.15, 0.2) is 97.6 Å². The molecule has 12 aromatic rings. The van der Waals surface area contributed by atoms with Crippen molar-refractivity contribution in [1.29, 1.82) is 0 Å². The summed E-state index contributed by atoms with van der Waals surface area (Å²) < 4.78 is 56.7. The van der Waals surface area contributed by atoms with Crippen LogP contribution in [0.2, 0.25) is 0 Å². The topological polar surface area (TPSA) is 336 Å². The lowest BCUT2D eigenvalue weighted by Gasteiger charge is -2.18. The minimum absolute atomic E-state index is 0.000843. The standard InChI is InChI=1S/C72H70F3N23O5/c1-95-69(87-65(93-95)38-24-57(103-4)62(77-27-38)68(101)81-40-9-10-40)83-54-16-14-52-49(29-79-90-52)60(54)46-25-45(46)47-26-55(85-70-86-63(92-96(70)2)36-7-11-42-35(21-36)17-19-76-66(42)99)59(50-30-80-91-61(47)50)44-22-39(44)31-98-71(84-53-15-13-51-48(28-78-89-51)58(53)34-5-6-34)88-64(94-98)37-8-12-43(56(23-37)102-3)67(100)82-41-18-20-97(32-41)33-72(73,74)75/h7-8,11-16,21,23-24,26-30,34,39-41,44-46H,5-6,9-10,17-20,22,25,31-33H2,1-4H3,(H,76,99)(H,78,89)(H,79,90)(H,80,91)(H,81,101)(H,82,100)(H,83,87,93)(H,84,88,94)(H,85,86,92). The largest absolute Gasteiger partial charge is 0.496 e. The highest BCUT2D eigenvalue weighted by Crippen LogP contribution is 2.61. The fraction of sp³-hybridized carbons (Fsp3) is 0.347. The quantitative estimate of drug-likeness (QED) is 0.0304. The Labute approximate surface area is 584 Å². The third kappa shape index (κ3) is 12.1. The number of hydrogen-bond acceptors (Lipinski definition) is 19. The molecular weight excluding hydrogens is 1320 g/mol. The Balaban J connectivity index is 0.683. The van der Waals surface area contributed by atoms with E-state index in [4.69, 9.17) is 44.8 Å². The van der Waals surface area contributed by atoms with Crippen LogP contribution in [0.1, 0.15) is 128 Å². The molecule has 28 nitrogen and oxygen atoms in total. The third-order valence-electron chi connectivity index (χ3n) is 20.8. The van der Waals surface area contributed by atoms with Gasteiger partial charge in [0.1, 0.15) is 5.75 Å². The van der Waals surface area contributed by atoms with Crippen LogP contribution in [0.3, 0.4) is 0 Å². The predicted octanol–water partition coefficient (Wildman–Crippen LogP) is 10.3. The lowest BCUT2D eigenvalue weighted by molar-refractivity contribution is -0.143. The van der Waals surface area contributed by atoms with Crippen molar-refractivity contribution in [1.82, 2.24) is 101 Å². The molecule has 9 N–H and O–H groups in total. The zero-order valence-electron chi connectivity index (χ0n) is 56.4. The average molecular weight is 1390 g/mol. The Bertz CT molecular complexity index is 5410. The summed E-state index contributed by atoms with van der Waals surface area (Å²) in [6.45, 7) is 0.250. The summed E-state index contributed by atoms with van der Waals surface area (Å²) in [5, 5.41) is 61.4. The van der Waals surface area contributed by atoms with Crippen LogP contribution in [-0.4, -0.2) is 161 Å². The molecule has 0 bridgehead atoms. The van der Waals surface area contributed by atoms with E-state index in [1.807, 2.05) is 73.8 Å². The van der Waals surface area contributed by atoms with Crippen LogP contribution in [0, 0.1) is 5.92 Å². The van der Waals surface area contributed by atoms with Crippen molar-refractivity contribution in [3.63, 3.8) is 0 Å². The highest BCUT2D eigenvalue weighted by atomic mass is 19.4. The molecule has 5 unspecified atom stereocenters. The number of anilines is 6. The number of aromatic amines is 3. The van der Waals surface area contributed by atoms with Crippen molar-refractivity contribution in [3.8, 4) is 45.7 Å². The second-order valence-electron chi connectivity index (χ2n) is 27.8. The monoisotopic (exact) mass is 1390 g/mol. The summed E-state index contributed by atoms with van der Waals surface area (Å²) >= 11 is 0. The van der Waals surface area contributed by atoms with Crippen LogP contribution in [0.4, 0.5) is 48.1 Å². The number of nitrogens with zero attached hydrogens (tertiary/aromatic N) is 14. The van der Waals surface area contributed by atoms with Crippen molar-refractivity contribution in [3.05, 3.63) is 142 Å². The lowest BCUT2D eigenvalue weighted by Crippen LogP contribution is -2.39. The number of nitrogens with one attached hydrogen (secondary N) is 9. The van der Waals surface area contributed by atoms with Crippen molar-refractivity contribution in [2.24, 2.45) is 20.0 Å². The molecule has 1 saturated heterocycles. The number of alkyl halides is 3. The van der Waals surface area contributed by atoms with Gasteiger partial charge in [-0.25, -0.2) is 19.0 Å². The van der Waals surface area contributed by atoms with E-state index in [9.17, 15) is 27.6 Å². The maximum atomic E-state index is 13.8. The molecule has 4 saturated carbocycles. The Kier molecular flexibility index (Phi) is 15.3. The summed E-state index contributed by atoms with van der Waals surface area (Å²) in [6, 6.07) is 22.6. The van der Waals surface area contributed by atoms with Gasteiger partial charge in [-0.15, -0.1) is 15.3 Å². The van der Waals surface area contributed by atoms with Crippen LogP contribution < -0.4 is 41.4 Å². The maximum Gasteiger partial charge on any atom is 0.401 e. The zero-order chi connectivity index (χ0) is 70.1. The molecule has 18 rings (SSSR count). The Morgan fingerprint density at radius 3 is 2.00 bits per heavy atom. The number of pyridine rings is 1. The second kappa shape index (κ2) is 24.8. The molecule has 5 fully saturated rings. The fourth-order valence-corrected chi connectivity index (χ4v) is 15.2. The van der Waals surface area contributed by atoms with Crippen molar-refractivity contribution in [2.75, 3.05) is 56.3 Å². The maximum absolute atomic E-state index is 13.8. The third-order valence-corrected chi connectivity index (χ3v) is 20.8. The molecule has 4 aliphatic carbocycles. The summed E-state index contributed by atoms with van der Waals surface area (Å²) in [6.07, 6.45) is 9.47. The molecule has 5 atom stereocenters. The summed E-state index contributed by atoms with van der Waals surface area (Å²) in [5.74, 6) is 2.83. The Morgan fingerprint density at radius 1 is 0.621 bits per heavy atom. The number of likely N-dealkylation sites (tertiary alicyclic amines) is 1. The van der Waals surface area contributed by atoms with Crippen LogP contribution >= 0.6 is 0 Å². The van der Waals surface area contributed by atoms with Gasteiger partial charge < -0.3 is 41.4 Å². The van der Waals surface area contributed by atoms with Crippen molar-refractivity contribution in [2.45, 2.75) is 99.8 Å². The molecule has 31 heteroatoms. The van der Waals surface area contributed by atoms with Crippen LogP contribution in [-0.2, 0) is 27.1 Å². The number of fused-ring (bicyclic) bond motifs is 4. The van der Waals surface area contributed by atoms with E-state index in [1.54, 1.807) is 39.8 Å². The minimum atomic E-state index is -4.34. The molecule has 0 spiro atoms. The molecule has 7 aromatic heterocycles. The zero-order valence-corrected chi connectivity index (χ0v) is 56.4. The van der Waals surface area contributed by atoms with Crippen molar-refractivity contribution >= 4 is 85.3 Å². The number of methoxy groups -OCH3 is 2. The van der Waals surface area contributed by atoms with Gasteiger partial charge in [0, 0.05) is 114 Å². The molecule has 3 amide bonds. The summed E-state index contributed by atoms with van der Waals surface area (Å²) in [5.41, 5.74) is 13.5. The number of carbonyl (C=O) groups is 3. The normalized spacial score (nSPS) is 19.4. The molecule has 5 aromatic carbocycles. The molecular formula is C72H70F3N23O5. The first-order chi connectivity index (χ1) is 50.0.